The fourth-order valence-electron chi connectivity index (χ4n) is 1.88. The van der Waals surface area contributed by atoms with Crippen molar-refractivity contribution < 1.29 is 9.90 Å². The number of rotatable bonds is 7. The average molecular weight is 266 g/mol. The first-order chi connectivity index (χ1) is 9.08. The van der Waals surface area contributed by atoms with Gasteiger partial charge in [0.2, 0.25) is 5.91 Å². The fraction of sp³-hybridized carbons (Fsp3) is 0.571. The van der Waals surface area contributed by atoms with E-state index in [0.29, 0.717) is 18.5 Å². The van der Waals surface area contributed by atoms with E-state index >= 15 is 0 Å². The van der Waals surface area contributed by atoms with Crippen LogP contribution < -0.4 is 10.9 Å². The van der Waals surface area contributed by atoms with E-state index in [4.69, 9.17) is 5.11 Å². The molecule has 0 aromatic carbocycles. The Morgan fingerprint density at radius 1 is 1.53 bits per heavy atom. The van der Waals surface area contributed by atoms with Crippen LogP contribution in [-0.2, 0) is 11.3 Å². The topological polar surface area (TPSA) is 71.3 Å². The number of aryl methyl sites for hydroxylation is 1. The van der Waals surface area contributed by atoms with Gasteiger partial charge in [0.1, 0.15) is 6.54 Å². The Hall–Kier alpha value is -1.62. The van der Waals surface area contributed by atoms with Gasteiger partial charge in [-0.1, -0.05) is 19.4 Å². The maximum absolute atomic E-state index is 11.8. The predicted molar refractivity (Wildman–Crippen MR) is 73.9 cm³/mol. The third-order valence-electron chi connectivity index (χ3n) is 3.23. The van der Waals surface area contributed by atoms with Crippen LogP contribution in [0.2, 0.25) is 0 Å². The Bertz CT molecular complexity index is 468. The number of aliphatic hydroxyl groups is 1. The highest BCUT2D eigenvalue weighted by Gasteiger charge is 2.09. The Morgan fingerprint density at radius 2 is 2.26 bits per heavy atom. The molecular weight excluding hydrogens is 244 g/mol. The lowest BCUT2D eigenvalue weighted by atomic mass is 10.0. The van der Waals surface area contributed by atoms with Gasteiger partial charge >= 0.3 is 0 Å². The van der Waals surface area contributed by atoms with Gasteiger partial charge in [0, 0.05) is 24.9 Å². The van der Waals surface area contributed by atoms with Crippen LogP contribution >= 0.6 is 0 Å². The number of amides is 1. The zero-order chi connectivity index (χ0) is 14.3. The fourth-order valence-corrected chi connectivity index (χ4v) is 1.88. The van der Waals surface area contributed by atoms with Crippen molar-refractivity contribution in [1.29, 1.82) is 0 Å². The monoisotopic (exact) mass is 266 g/mol. The number of nitrogens with zero attached hydrogens (tertiary/aromatic N) is 1. The zero-order valence-corrected chi connectivity index (χ0v) is 11.6. The summed E-state index contributed by atoms with van der Waals surface area (Å²) >= 11 is 0. The number of carbonyl (C=O) groups excluding carboxylic acids is 1. The van der Waals surface area contributed by atoms with Crippen molar-refractivity contribution in [1.82, 2.24) is 9.88 Å². The van der Waals surface area contributed by atoms with Crippen LogP contribution in [0, 0.1) is 12.8 Å². The molecular formula is C14H22N2O3. The van der Waals surface area contributed by atoms with Gasteiger partial charge in [0.15, 0.2) is 0 Å². The van der Waals surface area contributed by atoms with E-state index in [2.05, 4.69) is 5.32 Å². The van der Waals surface area contributed by atoms with Crippen molar-refractivity contribution >= 4 is 5.91 Å². The normalized spacial score (nSPS) is 12.2. The first-order valence-electron chi connectivity index (χ1n) is 6.62. The van der Waals surface area contributed by atoms with Gasteiger partial charge in [-0.25, -0.2) is 0 Å². The second kappa shape index (κ2) is 7.74. The molecule has 1 heterocycles. The second-order valence-electron chi connectivity index (χ2n) is 4.71. The molecule has 0 aliphatic carbocycles. The molecule has 0 fully saturated rings. The molecule has 1 unspecified atom stereocenters. The number of pyridine rings is 1. The van der Waals surface area contributed by atoms with E-state index in [9.17, 15) is 9.59 Å². The summed E-state index contributed by atoms with van der Waals surface area (Å²) in [6, 6.07) is 3.48. The molecule has 0 saturated carbocycles. The van der Waals surface area contributed by atoms with E-state index in [1.54, 1.807) is 25.3 Å². The Balaban J connectivity index is 2.51. The number of aliphatic hydroxyl groups excluding tert-OH is 1. The van der Waals surface area contributed by atoms with E-state index in [1.807, 2.05) is 6.92 Å². The van der Waals surface area contributed by atoms with Gasteiger partial charge in [0.05, 0.1) is 0 Å². The Morgan fingerprint density at radius 3 is 2.89 bits per heavy atom. The molecule has 0 saturated heterocycles. The summed E-state index contributed by atoms with van der Waals surface area (Å²) in [5.41, 5.74) is 0.488. The molecule has 5 heteroatoms. The first-order valence-corrected chi connectivity index (χ1v) is 6.62. The Labute approximate surface area is 113 Å². The van der Waals surface area contributed by atoms with Gasteiger partial charge < -0.3 is 15.0 Å². The molecule has 0 aliphatic heterocycles. The van der Waals surface area contributed by atoms with Crippen molar-refractivity contribution in [3.8, 4) is 0 Å². The quantitative estimate of drug-likeness (QED) is 0.762. The smallest absolute Gasteiger partial charge is 0.253 e. The molecule has 0 aliphatic rings. The highest BCUT2D eigenvalue weighted by Crippen LogP contribution is 2.05. The summed E-state index contributed by atoms with van der Waals surface area (Å²) in [5.74, 6) is 0.104. The lowest BCUT2D eigenvalue weighted by molar-refractivity contribution is -0.121. The van der Waals surface area contributed by atoms with Crippen LogP contribution in [0.3, 0.4) is 0 Å². The molecule has 106 valence electrons. The SMILES string of the molecule is CCC(CCO)CNC(=O)Cn1cccc(C)c1=O. The minimum atomic E-state index is -0.177. The average Bonchev–Trinajstić information content (AvgIpc) is 2.40. The molecule has 0 spiro atoms. The van der Waals surface area contributed by atoms with E-state index in [-0.39, 0.29) is 30.5 Å². The predicted octanol–water partition coefficient (Wildman–Crippen LogP) is 0.682. The van der Waals surface area contributed by atoms with Crippen molar-refractivity contribution in [3.05, 3.63) is 34.2 Å². The second-order valence-corrected chi connectivity index (χ2v) is 4.71. The maximum Gasteiger partial charge on any atom is 0.253 e. The first kappa shape index (κ1) is 15.4. The Kier molecular flexibility index (Phi) is 6.29. The van der Waals surface area contributed by atoms with Gasteiger partial charge in [0.25, 0.3) is 5.56 Å². The number of aromatic nitrogens is 1. The molecule has 5 nitrogen and oxygen atoms in total. The molecule has 1 aromatic heterocycles. The summed E-state index contributed by atoms with van der Waals surface area (Å²) in [4.78, 5) is 23.5. The van der Waals surface area contributed by atoms with E-state index in [1.165, 1.54) is 4.57 Å². The van der Waals surface area contributed by atoms with E-state index < -0.39 is 0 Å². The van der Waals surface area contributed by atoms with Gasteiger partial charge in [-0.2, -0.15) is 0 Å². The molecule has 0 radical (unpaired) electrons. The minimum absolute atomic E-state index is 0.0378. The van der Waals surface area contributed by atoms with Crippen LogP contribution in [-0.4, -0.2) is 28.7 Å². The van der Waals surface area contributed by atoms with Crippen molar-refractivity contribution in [2.24, 2.45) is 5.92 Å². The summed E-state index contributed by atoms with van der Waals surface area (Å²) in [6.07, 6.45) is 3.20. The summed E-state index contributed by atoms with van der Waals surface area (Å²) < 4.78 is 1.40. The number of nitrogens with one attached hydrogen (secondary N) is 1. The number of carbonyl (C=O) groups is 1. The largest absolute Gasteiger partial charge is 0.396 e. The summed E-state index contributed by atoms with van der Waals surface area (Å²) in [6.45, 7) is 4.46. The lowest BCUT2D eigenvalue weighted by Crippen LogP contribution is -2.35. The van der Waals surface area contributed by atoms with Gasteiger partial charge in [-0.3, -0.25) is 9.59 Å². The summed E-state index contributed by atoms with van der Waals surface area (Å²) in [5, 5.41) is 11.7. The molecule has 1 aromatic rings. The van der Waals surface area contributed by atoms with Crippen LogP contribution in [0.4, 0.5) is 0 Å². The van der Waals surface area contributed by atoms with Gasteiger partial charge in [-0.05, 0) is 25.3 Å². The highest BCUT2D eigenvalue weighted by atomic mass is 16.3. The van der Waals surface area contributed by atoms with Crippen LogP contribution in [0.1, 0.15) is 25.3 Å². The highest BCUT2D eigenvalue weighted by molar-refractivity contribution is 5.75. The van der Waals surface area contributed by atoms with Gasteiger partial charge in [-0.15, -0.1) is 0 Å². The molecule has 2 N–H and O–H groups in total. The lowest BCUT2D eigenvalue weighted by Gasteiger charge is -2.14. The molecule has 0 bridgehead atoms. The summed E-state index contributed by atoms with van der Waals surface area (Å²) in [7, 11) is 0. The molecule has 19 heavy (non-hydrogen) atoms. The van der Waals surface area contributed by atoms with Crippen molar-refractivity contribution in [3.63, 3.8) is 0 Å². The van der Waals surface area contributed by atoms with Crippen molar-refractivity contribution in [2.45, 2.75) is 33.2 Å². The van der Waals surface area contributed by atoms with Crippen LogP contribution in [0.15, 0.2) is 23.1 Å². The third kappa shape index (κ3) is 4.87. The molecule has 1 rings (SSSR count). The van der Waals surface area contributed by atoms with Crippen molar-refractivity contribution in [2.75, 3.05) is 13.2 Å². The van der Waals surface area contributed by atoms with E-state index in [0.717, 1.165) is 6.42 Å². The minimum Gasteiger partial charge on any atom is -0.396 e. The maximum atomic E-state index is 11.8. The molecule has 1 atom stereocenters. The standard InChI is InChI=1S/C14H22N2O3/c1-3-12(6-8-17)9-15-13(18)10-16-7-4-5-11(2)14(16)19/h4-5,7,12,17H,3,6,8-10H2,1-2H3,(H,15,18). The van der Waals surface area contributed by atoms with Crippen LogP contribution in [0.5, 0.6) is 0 Å². The van der Waals surface area contributed by atoms with Crippen LogP contribution in [0.25, 0.3) is 0 Å². The number of hydrogen-bond donors (Lipinski definition) is 2. The number of hydrogen-bond acceptors (Lipinski definition) is 3. The molecule has 1 amide bonds. The third-order valence-corrected chi connectivity index (χ3v) is 3.23. The zero-order valence-electron chi connectivity index (χ0n) is 11.6.